The summed E-state index contributed by atoms with van der Waals surface area (Å²) in [6.45, 7) is 1.85. The van der Waals surface area contributed by atoms with Gasteiger partial charge in [-0.3, -0.25) is 4.79 Å². The van der Waals surface area contributed by atoms with Crippen LogP contribution in [0.3, 0.4) is 0 Å². The Balaban J connectivity index is 2.05. The van der Waals surface area contributed by atoms with E-state index in [1.165, 1.54) is 12.1 Å². The van der Waals surface area contributed by atoms with Crippen LogP contribution in [0.1, 0.15) is 11.1 Å². The Morgan fingerprint density at radius 3 is 2.27 bits per heavy atom. The number of aryl methyl sites for hydroxylation is 1. The number of nitrogens with two attached hydrogens (primary N) is 1. The first-order chi connectivity index (χ1) is 10.4. The fraction of sp³-hybridized carbons (Fsp3) is 0.188. The topological polar surface area (TPSA) is 89.3 Å². The van der Waals surface area contributed by atoms with Crippen molar-refractivity contribution in [2.75, 3.05) is 0 Å². The molecule has 2 aromatic carbocycles. The molecule has 0 spiro atoms. The zero-order valence-corrected chi connectivity index (χ0v) is 13.0. The minimum Gasteiger partial charge on any atom is -0.320 e. The Kier molecular flexibility index (Phi) is 4.95. The van der Waals surface area contributed by atoms with Crippen LogP contribution in [-0.4, -0.2) is 20.4 Å². The van der Waals surface area contributed by atoms with Gasteiger partial charge >= 0.3 is 0 Å². The van der Waals surface area contributed by atoms with Crippen LogP contribution >= 0.6 is 0 Å². The van der Waals surface area contributed by atoms with Crippen molar-refractivity contribution in [1.29, 1.82) is 0 Å². The Morgan fingerprint density at radius 1 is 1.09 bits per heavy atom. The van der Waals surface area contributed by atoms with Gasteiger partial charge in [0.05, 0.1) is 10.9 Å². The van der Waals surface area contributed by atoms with Crippen LogP contribution in [0.2, 0.25) is 0 Å². The zero-order valence-electron chi connectivity index (χ0n) is 12.2. The smallest absolute Gasteiger partial charge is 0.264 e. The summed E-state index contributed by atoms with van der Waals surface area (Å²) in [7, 11) is -3.89. The first kappa shape index (κ1) is 16.2. The molecular formula is C16H18N2O3S. The number of carbonyl (C=O) groups is 1. The molecule has 22 heavy (non-hydrogen) atoms. The van der Waals surface area contributed by atoms with Gasteiger partial charge in [-0.2, -0.15) is 0 Å². The molecule has 0 radical (unpaired) electrons. The molecule has 6 heteroatoms. The maximum atomic E-state index is 12.1. The van der Waals surface area contributed by atoms with Crippen LogP contribution in [0.5, 0.6) is 0 Å². The molecule has 3 N–H and O–H groups in total. The first-order valence-corrected chi connectivity index (χ1v) is 8.29. The minimum absolute atomic E-state index is 0.0401. The number of hydrogen-bond donors (Lipinski definition) is 2. The maximum absolute atomic E-state index is 12.1. The number of sulfonamides is 1. The van der Waals surface area contributed by atoms with Crippen LogP contribution < -0.4 is 10.5 Å². The van der Waals surface area contributed by atoms with Gasteiger partial charge in [0.25, 0.3) is 15.9 Å². The lowest BCUT2D eigenvalue weighted by Gasteiger charge is -2.13. The van der Waals surface area contributed by atoms with Gasteiger partial charge in [-0.25, -0.2) is 13.1 Å². The third kappa shape index (κ3) is 4.16. The standard InChI is InChI=1S/C16H18N2O3S/c1-12-7-9-14(10-8-12)22(20,21)18-16(19)15(17)11-13-5-3-2-4-6-13/h2-10,15H,11,17H2,1H3,(H,18,19)/t15-/m0/s1. The zero-order chi connectivity index (χ0) is 16.2. The predicted octanol–water partition coefficient (Wildman–Crippen LogP) is 1.37. The molecule has 0 fully saturated rings. The summed E-state index contributed by atoms with van der Waals surface area (Å²) in [6, 6.07) is 14.5. The molecule has 0 saturated heterocycles. The SMILES string of the molecule is Cc1ccc(S(=O)(=O)NC(=O)[C@@H](N)Cc2ccccc2)cc1. The molecule has 2 rings (SSSR count). The van der Waals surface area contributed by atoms with E-state index in [1.807, 2.05) is 42.0 Å². The number of nitrogens with one attached hydrogen (secondary N) is 1. The molecule has 0 unspecified atom stereocenters. The van der Waals surface area contributed by atoms with Crippen molar-refractivity contribution in [3.63, 3.8) is 0 Å². The molecule has 0 aliphatic rings. The monoisotopic (exact) mass is 318 g/mol. The van der Waals surface area contributed by atoms with E-state index < -0.39 is 22.0 Å². The highest BCUT2D eigenvalue weighted by atomic mass is 32.2. The summed E-state index contributed by atoms with van der Waals surface area (Å²) < 4.78 is 26.3. The van der Waals surface area contributed by atoms with Gasteiger partial charge in [0.15, 0.2) is 0 Å². The summed E-state index contributed by atoms with van der Waals surface area (Å²) in [6.07, 6.45) is 0.274. The molecule has 2 aromatic rings. The fourth-order valence-electron chi connectivity index (χ4n) is 1.95. The van der Waals surface area contributed by atoms with Gasteiger partial charge in [0.1, 0.15) is 0 Å². The lowest BCUT2D eigenvalue weighted by atomic mass is 10.1. The maximum Gasteiger partial charge on any atom is 0.264 e. The third-order valence-electron chi connectivity index (χ3n) is 3.20. The molecule has 0 bridgehead atoms. The van der Waals surface area contributed by atoms with E-state index in [1.54, 1.807) is 12.1 Å². The van der Waals surface area contributed by atoms with Crippen molar-refractivity contribution in [2.24, 2.45) is 5.73 Å². The lowest BCUT2D eigenvalue weighted by Crippen LogP contribution is -2.44. The van der Waals surface area contributed by atoms with Crippen molar-refractivity contribution in [3.8, 4) is 0 Å². The van der Waals surface area contributed by atoms with E-state index >= 15 is 0 Å². The highest BCUT2D eigenvalue weighted by molar-refractivity contribution is 7.90. The van der Waals surface area contributed by atoms with Crippen LogP contribution in [0, 0.1) is 6.92 Å². The highest BCUT2D eigenvalue weighted by Crippen LogP contribution is 2.10. The Labute approximate surface area is 130 Å². The lowest BCUT2D eigenvalue weighted by molar-refractivity contribution is -0.120. The van der Waals surface area contributed by atoms with Gasteiger partial charge in [0, 0.05) is 0 Å². The van der Waals surface area contributed by atoms with E-state index in [4.69, 9.17) is 5.73 Å². The summed E-state index contributed by atoms with van der Waals surface area (Å²) in [5.41, 5.74) is 7.59. The van der Waals surface area contributed by atoms with Gasteiger partial charge < -0.3 is 5.73 Å². The largest absolute Gasteiger partial charge is 0.320 e. The van der Waals surface area contributed by atoms with E-state index in [2.05, 4.69) is 0 Å². The molecule has 0 aromatic heterocycles. The Bertz CT molecular complexity index is 741. The average molecular weight is 318 g/mol. The molecule has 0 aliphatic heterocycles. The van der Waals surface area contributed by atoms with Crippen LogP contribution in [0.15, 0.2) is 59.5 Å². The second-order valence-corrected chi connectivity index (χ2v) is 6.76. The van der Waals surface area contributed by atoms with Gasteiger partial charge in [0.2, 0.25) is 0 Å². The van der Waals surface area contributed by atoms with Crippen molar-refractivity contribution in [3.05, 3.63) is 65.7 Å². The third-order valence-corrected chi connectivity index (χ3v) is 4.56. The summed E-state index contributed by atoms with van der Waals surface area (Å²) in [5, 5.41) is 0. The van der Waals surface area contributed by atoms with Gasteiger partial charge in [-0.1, -0.05) is 48.0 Å². The van der Waals surface area contributed by atoms with Crippen molar-refractivity contribution in [1.82, 2.24) is 4.72 Å². The number of rotatable bonds is 5. The second-order valence-electron chi connectivity index (χ2n) is 5.08. The second kappa shape index (κ2) is 6.72. The summed E-state index contributed by atoms with van der Waals surface area (Å²) in [5.74, 6) is -0.718. The van der Waals surface area contributed by atoms with E-state index in [0.29, 0.717) is 0 Å². The number of carbonyl (C=O) groups excluding carboxylic acids is 1. The predicted molar refractivity (Wildman–Crippen MR) is 84.6 cm³/mol. The Hall–Kier alpha value is -2.18. The summed E-state index contributed by atoms with van der Waals surface area (Å²) in [4.78, 5) is 12.0. The van der Waals surface area contributed by atoms with Gasteiger partial charge in [-0.15, -0.1) is 0 Å². The Morgan fingerprint density at radius 2 is 1.68 bits per heavy atom. The first-order valence-electron chi connectivity index (χ1n) is 6.81. The molecule has 0 saturated carbocycles. The average Bonchev–Trinajstić information content (AvgIpc) is 2.48. The molecular weight excluding hydrogens is 300 g/mol. The molecule has 5 nitrogen and oxygen atoms in total. The van der Waals surface area contributed by atoms with Crippen molar-refractivity contribution >= 4 is 15.9 Å². The number of hydrogen-bond acceptors (Lipinski definition) is 4. The van der Waals surface area contributed by atoms with E-state index in [-0.39, 0.29) is 11.3 Å². The van der Waals surface area contributed by atoms with Crippen LogP contribution in [-0.2, 0) is 21.2 Å². The quantitative estimate of drug-likeness (QED) is 0.871. The van der Waals surface area contributed by atoms with E-state index in [0.717, 1.165) is 11.1 Å². The highest BCUT2D eigenvalue weighted by Gasteiger charge is 2.22. The number of benzene rings is 2. The van der Waals surface area contributed by atoms with Crippen molar-refractivity contribution in [2.45, 2.75) is 24.3 Å². The molecule has 116 valence electrons. The van der Waals surface area contributed by atoms with Crippen LogP contribution in [0.25, 0.3) is 0 Å². The van der Waals surface area contributed by atoms with Crippen LogP contribution in [0.4, 0.5) is 0 Å². The summed E-state index contributed by atoms with van der Waals surface area (Å²) >= 11 is 0. The molecule has 1 amide bonds. The van der Waals surface area contributed by atoms with Gasteiger partial charge in [-0.05, 0) is 31.0 Å². The number of amides is 1. The minimum atomic E-state index is -3.89. The molecule has 1 atom stereocenters. The van der Waals surface area contributed by atoms with Crippen molar-refractivity contribution < 1.29 is 13.2 Å². The molecule has 0 aliphatic carbocycles. The molecule has 0 heterocycles. The van der Waals surface area contributed by atoms with E-state index in [9.17, 15) is 13.2 Å². The fourth-order valence-corrected chi connectivity index (χ4v) is 2.97. The normalized spacial score (nSPS) is 12.6.